The molecule has 0 aromatic rings. The van der Waals surface area contributed by atoms with E-state index in [1.165, 1.54) is 4.90 Å². The highest BCUT2D eigenvalue weighted by atomic mass is 16.5. The van der Waals surface area contributed by atoms with E-state index in [-0.39, 0.29) is 5.97 Å². The molecule has 3 fully saturated rings. The molecule has 126 valence electrons. The molecule has 0 atom stereocenters. The Labute approximate surface area is 136 Å². The Balaban J connectivity index is 1.40. The van der Waals surface area contributed by atoms with Gasteiger partial charge >= 0.3 is 12.1 Å². The molecular weight excluding hydrogens is 296 g/mol. The number of piperidine rings is 2. The van der Waals surface area contributed by atoms with Gasteiger partial charge in [-0.15, -0.1) is 0 Å². The number of nitrogens with zero attached hydrogens (tertiary/aromatic N) is 2. The number of likely N-dealkylation sites (tertiary alicyclic amines) is 2. The largest absolute Gasteiger partial charge is 0.465 e. The second kappa shape index (κ2) is 5.42. The number of carboxylic acid groups (broad SMARTS) is 1. The molecule has 0 radical (unpaired) electrons. The van der Waals surface area contributed by atoms with E-state index in [2.05, 4.69) is 4.90 Å². The number of hydrogen-bond donors (Lipinski definition) is 1. The summed E-state index contributed by atoms with van der Waals surface area (Å²) in [6.07, 6.45) is 5.58. The molecule has 3 heterocycles. The molecule has 0 bridgehead atoms. The predicted molar refractivity (Wildman–Crippen MR) is 82.8 cm³/mol. The Morgan fingerprint density at radius 3 is 2.26 bits per heavy atom. The van der Waals surface area contributed by atoms with E-state index in [9.17, 15) is 9.59 Å². The lowest BCUT2D eigenvalue weighted by atomic mass is 9.71. The van der Waals surface area contributed by atoms with Crippen molar-refractivity contribution in [1.29, 1.82) is 0 Å². The number of cyclic esters (lactones) is 1. The van der Waals surface area contributed by atoms with E-state index in [4.69, 9.17) is 9.84 Å². The third-order valence-corrected chi connectivity index (χ3v) is 6.16. The lowest BCUT2D eigenvalue weighted by Crippen LogP contribution is -2.48. The Bertz CT molecular complexity index is 549. The van der Waals surface area contributed by atoms with Crippen molar-refractivity contribution in [2.75, 3.05) is 32.8 Å². The molecule has 1 spiro atoms. The van der Waals surface area contributed by atoms with Crippen LogP contribution in [0.1, 0.15) is 38.5 Å². The fraction of sp³-hybridized carbons (Fsp3) is 0.765. The first-order valence-electron chi connectivity index (χ1n) is 8.71. The monoisotopic (exact) mass is 320 g/mol. The van der Waals surface area contributed by atoms with Crippen molar-refractivity contribution in [3.05, 3.63) is 11.3 Å². The smallest absolute Gasteiger partial charge is 0.407 e. The number of esters is 1. The van der Waals surface area contributed by atoms with Crippen molar-refractivity contribution in [2.24, 2.45) is 11.3 Å². The van der Waals surface area contributed by atoms with Crippen LogP contribution in [0.2, 0.25) is 0 Å². The van der Waals surface area contributed by atoms with E-state index in [0.29, 0.717) is 31.0 Å². The highest BCUT2D eigenvalue weighted by Gasteiger charge is 2.43. The predicted octanol–water partition coefficient (Wildman–Crippen LogP) is 2.06. The highest BCUT2D eigenvalue weighted by Crippen LogP contribution is 2.45. The van der Waals surface area contributed by atoms with Crippen LogP contribution in [0.3, 0.4) is 0 Å². The minimum absolute atomic E-state index is 0.0995. The summed E-state index contributed by atoms with van der Waals surface area (Å²) in [6.45, 7) is 3.70. The third kappa shape index (κ3) is 2.68. The maximum atomic E-state index is 11.9. The molecule has 6 heteroatoms. The SMILES string of the molecule is O=C1OCC(N2CCC3(CCN(C(=O)O)CC3)CC2)=C1C1CC1. The summed E-state index contributed by atoms with van der Waals surface area (Å²) >= 11 is 0. The molecule has 4 aliphatic rings. The first-order valence-corrected chi connectivity index (χ1v) is 8.71. The fourth-order valence-electron chi connectivity index (χ4n) is 4.37. The fourth-order valence-corrected chi connectivity index (χ4v) is 4.37. The van der Waals surface area contributed by atoms with E-state index >= 15 is 0 Å². The van der Waals surface area contributed by atoms with Crippen molar-refractivity contribution >= 4 is 12.1 Å². The summed E-state index contributed by atoms with van der Waals surface area (Å²) < 4.78 is 5.28. The van der Waals surface area contributed by atoms with Crippen molar-refractivity contribution in [2.45, 2.75) is 38.5 Å². The van der Waals surface area contributed by atoms with E-state index in [1.807, 2.05) is 0 Å². The van der Waals surface area contributed by atoms with Crippen molar-refractivity contribution < 1.29 is 19.4 Å². The zero-order valence-corrected chi connectivity index (χ0v) is 13.4. The second-order valence-corrected chi connectivity index (χ2v) is 7.47. The zero-order valence-electron chi connectivity index (χ0n) is 13.4. The Kier molecular flexibility index (Phi) is 3.50. The summed E-state index contributed by atoms with van der Waals surface area (Å²) in [6, 6.07) is 0. The van der Waals surface area contributed by atoms with Gasteiger partial charge in [0.25, 0.3) is 0 Å². The first kappa shape index (κ1) is 14.8. The highest BCUT2D eigenvalue weighted by molar-refractivity contribution is 5.92. The molecule has 4 rings (SSSR count). The Hall–Kier alpha value is -1.72. The molecule has 1 saturated carbocycles. The first-order chi connectivity index (χ1) is 11.1. The van der Waals surface area contributed by atoms with Crippen LogP contribution in [0.4, 0.5) is 4.79 Å². The van der Waals surface area contributed by atoms with Crippen LogP contribution in [0, 0.1) is 11.3 Å². The molecule has 1 N–H and O–H groups in total. The van der Waals surface area contributed by atoms with Gasteiger partial charge in [0.2, 0.25) is 0 Å². The van der Waals surface area contributed by atoms with Gasteiger partial charge in [0, 0.05) is 26.2 Å². The van der Waals surface area contributed by atoms with E-state index < -0.39 is 6.09 Å². The molecule has 3 aliphatic heterocycles. The number of amides is 1. The maximum absolute atomic E-state index is 11.9. The van der Waals surface area contributed by atoms with Gasteiger partial charge in [0.15, 0.2) is 0 Å². The quantitative estimate of drug-likeness (QED) is 0.789. The van der Waals surface area contributed by atoms with E-state index in [0.717, 1.165) is 62.9 Å². The molecular formula is C17H24N2O4. The average Bonchev–Trinajstić information content (AvgIpc) is 3.31. The van der Waals surface area contributed by atoms with Gasteiger partial charge in [-0.2, -0.15) is 0 Å². The van der Waals surface area contributed by atoms with Crippen LogP contribution in [0.15, 0.2) is 11.3 Å². The molecule has 1 amide bonds. The van der Waals surface area contributed by atoms with Crippen LogP contribution in [0.5, 0.6) is 0 Å². The van der Waals surface area contributed by atoms with Crippen molar-refractivity contribution in [3.8, 4) is 0 Å². The van der Waals surface area contributed by atoms with Crippen LogP contribution >= 0.6 is 0 Å². The van der Waals surface area contributed by atoms with Crippen molar-refractivity contribution in [3.63, 3.8) is 0 Å². The number of ether oxygens (including phenoxy) is 1. The van der Waals surface area contributed by atoms with Crippen LogP contribution in [-0.4, -0.2) is 59.8 Å². The molecule has 0 aromatic carbocycles. The topological polar surface area (TPSA) is 70.1 Å². The van der Waals surface area contributed by atoms with Crippen LogP contribution in [0.25, 0.3) is 0 Å². The van der Waals surface area contributed by atoms with Gasteiger partial charge < -0.3 is 19.6 Å². The third-order valence-electron chi connectivity index (χ3n) is 6.16. The maximum Gasteiger partial charge on any atom is 0.407 e. The Morgan fingerprint density at radius 1 is 1.09 bits per heavy atom. The lowest BCUT2D eigenvalue weighted by Gasteiger charge is -2.47. The van der Waals surface area contributed by atoms with E-state index in [1.54, 1.807) is 0 Å². The van der Waals surface area contributed by atoms with Crippen LogP contribution in [-0.2, 0) is 9.53 Å². The molecule has 0 unspecified atom stereocenters. The molecule has 6 nitrogen and oxygen atoms in total. The number of hydrogen-bond acceptors (Lipinski definition) is 4. The summed E-state index contributed by atoms with van der Waals surface area (Å²) in [4.78, 5) is 26.9. The zero-order chi connectivity index (χ0) is 16.0. The summed E-state index contributed by atoms with van der Waals surface area (Å²) in [5.41, 5.74) is 2.38. The number of carbonyl (C=O) groups is 2. The van der Waals surface area contributed by atoms with Gasteiger partial charge in [0.05, 0.1) is 11.3 Å². The molecule has 23 heavy (non-hydrogen) atoms. The van der Waals surface area contributed by atoms with Gasteiger partial charge in [-0.25, -0.2) is 9.59 Å². The van der Waals surface area contributed by atoms with Crippen molar-refractivity contribution in [1.82, 2.24) is 9.80 Å². The van der Waals surface area contributed by atoms with Crippen LogP contribution < -0.4 is 0 Å². The summed E-state index contributed by atoms with van der Waals surface area (Å²) in [5.74, 6) is 0.340. The van der Waals surface area contributed by atoms with Gasteiger partial charge in [-0.3, -0.25) is 0 Å². The number of carbonyl (C=O) groups excluding carboxylic acids is 1. The molecule has 0 aromatic heterocycles. The lowest BCUT2D eigenvalue weighted by molar-refractivity contribution is -0.136. The standard InChI is InChI=1S/C17H24N2O4/c20-15-14(12-1-2-12)13(11-23-15)18-7-3-17(4-8-18)5-9-19(10-6-17)16(21)22/h12H,1-11H2,(H,21,22). The molecule has 2 saturated heterocycles. The summed E-state index contributed by atoms with van der Waals surface area (Å²) in [5, 5.41) is 9.09. The average molecular weight is 320 g/mol. The van der Waals surface area contributed by atoms with Gasteiger partial charge in [-0.1, -0.05) is 0 Å². The Morgan fingerprint density at radius 2 is 1.70 bits per heavy atom. The second-order valence-electron chi connectivity index (χ2n) is 7.47. The number of rotatable bonds is 2. The molecule has 1 aliphatic carbocycles. The summed E-state index contributed by atoms with van der Waals surface area (Å²) in [7, 11) is 0. The normalized spacial score (nSPS) is 27.6. The van der Waals surface area contributed by atoms with Gasteiger partial charge in [0.1, 0.15) is 6.61 Å². The minimum atomic E-state index is -0.793. The van der Waals surface area contributed by atoms with Gasteiger partial charge in [-0.05, 0) is 49.9 Å². The minimum Gasteiger partial charge on any atom is -0.465 e.